The van der Waals surface area contributed by atoms with Gasteiger partial charge in [0.2, 0.25) is 11.8 Å². The Morgan fingerprint density at radius 3 is 2.26 bits per heavy atom. The third-order valence-corrected chi connectivity index (χ3v) is 5.76. The van der Waals surface area contributed by atoms with Gasteiger partial charge >= 0.3 is 0 Å². The maximum atomic E-state index is 12.0. The summed E-state index contributed by atoms with van der Waals surface area (Å²) >= 11 is 1.42. The number of hydrogen-bond acceptors (Lipinski definition) is 6. The molecule has 27 heavy (non-hydrogen) atoms. The lowest BCUT2D eigenvalue weighted by Gasteiger charge is -2.08. The van der Waals surface area contributed by atoms with Crippen molar-refractivity contribution < 1.29 is 18.0 Å². The molecule has 0 radical (unpaired) electrons. The molecular weight excluding hydrogens is 386 g/mol. The molecule has 0 fully saturated rings. The first-order chi connectivity index (χ1) is 12.8. The lowest BCUT2D eigenvalue weighted by Crippen LogP contribution is -2.28. The summed E-state index contributed by atoms with van der Waals surface area (Å²) in [5.41, 5.74) is 2.06. The zero-order chi connectivity index (χ0) is 19.9. The van der Waals surface area contributed by atoms with Gasteiger partial charge in [0.1, 0.15) is 0 Å². The standard InChI is InChI=1S/C18H17N3O4S2/c1-13(22)21-27(24,25)17-8-6-16(7-9-17)20-18(23)12-26-11-15-4-2-14(10-19)3-5-15/h2-9H,11-12H2,1H3,(H,20,23)(H,21,22). The minimum absolute atomic E-state index is 0.0640. The highest BCUT2D eigenvalue weighted by molar-refractivity contribution is 7.99. The summed E-state index contributed by atoms with van der Waals surface area (Å²) in [5.74, 6) is -0.0309. The van der Waals surface area contributed by atoms with Crippen LogP contribution in [0.2, 0.25) is 0 Å². The molecule has 7 nitrogen and oxygen atoms in total. The van der Waals surface area contributed by atoms with E-state index < -0.39 is 15.9 Å². The molecule has 0 aliphatic heterocycles. The van der Waals surface area contributed by atoms with Gasteiger partial charge in [0.15, 0.2) is 0 Å². The van der Waals surface area contributed by atoms with E-state index in [1.165, 1.54) is 36.0 Å². The van der Waals surface area contributed by atoms with Crippen LogP contribution in [-0.4, -0.2) is 26.0 Å². The Kier molecular flexibility index (Phi) is 6.98. The highest BCUT2D eigenvalue weighted by atomic mass is 32.2. The van der Waals surface area contributed by atoms with Crippen molar-refractivity contribution in [3.63, 3.8) is 0 Å². The second kappa shape index (κ2) is 9.21. The molecule has 2 amide bonds. The van der Waals surface area contributed by atoms with E-state index in [0.29, 0.717) is 17.0 Å². The quantitative estimate of drug-likeness (QED) is 0.732. The second-order valence-electron chi connectivity index (χ2n) is 5.54. The average molecular weight is 403 g/mol. The smallest absolute Gasteiger partial charge is 0.264 e. The molecule has 0 saturated carbocycles. The minimum atomic E-state index is -3.89. The fraction of sp³-hybridized carbons (Fsp3) is 0.167. The zero-order valence-electron chi connectivity index (χ0n) is 14.4. The van der Waals surface area contributed by atoms with Gasteiger partial charge in [-0.15, -0.1) is 11.8 Å². The second-order valence-corrected chi connectivity index (χ2v) is 8.20. The van der Waals surface area contributed by atoms with Gasteiger partial charge in [0, 0.05) is 18.4 Å². The van der Waals surface area contributed by atoms with Crippen LogP contribution in [0.3, 0.4) is 0 Å². The van der Waals surface area contributed by atoms with E-state index in [1.807, 2.05) is 22.9 Å². The lowest BCUT2D eigenvalue weighted by atomic mass is 10.2. The summed E-state index contributed by atoms with van der Waals surface area (Å²) in [6, 6.07) is 14.7. The van der Waals surface area contributed by atoms with Gasteiger partial charge in [0.05, 0.1) is 22.3 Å². The molecule has 0 aliphatic carbocycles. The van der Waals surface area contributed by atoms with Crippen LogP contribution < -0.4 is 10.0 Å². The highest BCUT2D eigenvalue weighted by Crippen LogP contribution is 2.16. The number of nitrogens with one attached hydrogen (secondary N) is 2. The summed E-state index contributed by atoms with van der Waals surface area (Å²) in [6.45, 7) is 1.11. The molecule has 0 spiro atoms. The van der Waals surface area contributed by atoms with Gasteiger partial charge < -0.3 is 5.32 Å². The number of sulfonamides is 1. The molecule has 2 N–H and O–H groups in total. The van der Waals surface area contributed by atoms with E-state index in [4.69, 9.17) is 5.26 Å². The van der Waals surface area contributed by atoms with E-state index in [1.54, 1.807) is 12.1 Å². The summed E-state index contributed by atoms with van der Waals surface area (Å²) < 4.78 is 25.6. The van der Waals surface area contributed by atoms with Crippen LogP contribution in [0.5, 0.6) is 0 Å². The third-order valence-electron chi connectivity index (χ3n) is 3.31. The first kappa shape index (κ1) is 20.5. The number of carbonyl (C=O) groups is 2. The van der Waals surface area contributed by atoms with Crippen molar-refractivity contribution in [2.45, 2.75) is 17.6 Å². The lowest BCUT2D eigenvalue weighted by molar-refractivity contribution is -0.117. The molecule has 2 aromatic carbocycles. The van der Waals surface area contributed by atoms with Crippen molar-refractivity contribution >= 4 is 39.3 Å². The SMILES string of the molecule is CC(=O)NS(=O)(=O)c1ccc(NC(=O)CSCc2ccc(C#N)cc2)cc1. The van der Waals surface area contributed by atoms with Crippen molar-refractivity contribution in [3.05, 3.63) is 59.7 Å². The predicted octanol–water partition coefficient (Wildman–Crippen LogP) is 2.25. The van der Waals surface area contributed by atoms with Crippen LogP contribution in [-0.2, 0) is 25.4 Å². The Hall–Kier alpha value is -2.83. The number of thioether (sulfide) groups is 1. The van der Waals surface area contributed by atoms with Gasteiger partial charge in [-0.3, -0.25) is 9.59 Å². The van der Waals surface area contributed by atoms with Crippen molar-refractivity contribution in [2.24, 2.45) is 0 Å². The Morgan fingerprint density at radius 2 is 1.70 bits per heavy atom. The average Bonchev–Trinajstić information content (AvgIpc) is 2.61. The number of carbonyl (C=O) groups excluding carboxylic acids is 2. The monoisotopic (exact) mass is 403 g/mol. The number of rotatable bonds is 7. The third kappa shape index (κ3) is 6.44. The maximum Gasteiger partial charge on any atom is 0.264 e. The van der Waals surface area contributed by atoms with Crippen LogP contribution in [0.15, 0.2) is 53.4 Å². The van der Waals surface area contributed by atoms with Crippen molar-refractivity contribution in [1.29, 1.82) is 5.26 Å². The number of benzene rings is 2. The van der Waals surface area contributed by atoms with Crippen molar-refractivity contribution in [1.82, 2.24) is 4.72 Å². The fourth-order valence-corrected chi connectivity index (χ4v) is 3.88. The van der Waals surface area contributed by atoms with Gasteiger partial charge in [-0.1, -0.05) is 12.1 Å². The fourth-order valence-electron chi connectivity index (χ4n) is 2.10. The topological polar surface area (TPSA) is 116 Å². The number of nitrogens with zero attached hydrogens (tertiary/aromatic N) is 1. The van der Waals surface area contributed by atoms with Crippen LogP contribution in [0, 0.1) is 11.3 Å². The van der Waals surface area contributed by atoms with Crippen LogP contribution >= 0.6 is 11.8 Å². The normalized spacial score (nSPS) is 10.7. The Bertz CT molecular complexity index is 963. The van der Waals surface area contributed by atoms with Crippen LogP contribution in [0.4, 0.5) is 5.69 Å². The highest BCUT2D eigenvalue weighted by Gasteiger charge is 2.15. The molecular formula is C18H17N3O4S2. The molecule has 0 aromatic heterocycles. The Balaban J connectivity index is 1.85. The predicted molar refractivity (Wildman–Crippen MR) is 103 cm³/mol. The first-order valence-electron chi connectivity index (χ1n) is 7.80. The van der Waals surface area contributed by atoms with E-state index in [9.17, 15) is 18.0 Å². The van der Waals surface area contributed by atoms with Crippen LogP contribution in [0.1, 0.15) is 18.1 Å². The largest absolute Gasteiger partial charge is 0.325 e. The van der Waals surface area contributed by atoms with Gasteiger partial charge in [0.25, 0.3) is 10.0 Å². The van der Waals surface area contributed by atoms with Gasteiger partial charge in [-0.25, -0.2) is 13.1 Å². The molecule has 0 bridgehead atoms. The number of amides is 2. The van der Waals surface area contributed by atoms with Gasteiger partial charge in [-0.05, 0) is 42.0 Å². The molecule has 0 unspecified atom stereocenters. The number of hydrogen-bond donors (Lipinski definition) is 2. The van der Waals surface area contributed by atoms with Crippen LogP contribution in [0.25, 0.3) is 0 Å². The number of nitriles is 1. The van der Waals surface area contributed by atoms with E-state index in [2.05, 4.69) is 5.32 Å². The van der Waals surface area contributed by atoms with Crippen molar-refractivity contribution in [2.75, 3.05) is 11.1 Å². The Morgan fingerprint density at radius 1 is 1.07 bits per heavy atom. The van der Waals surface area contributed by atoms with E-state index >= 15 is 0 Å². The maximum absolute atomic E-state index is 12.0. The molecule has 0 saturated heterocycles. The molecule has 0 atom stereocenters. The first-order valence-corrected chi connectivity index (χ1v) is 10.4. The van der Waals surface area contributed by atoms with Crippen molar-refractivity contribution in [3.8, 4) is 6.07 Å². The van der Waals surface area contributed by atoms with Gasteiger partial charge in [-0.2, -0.15) is 5.26 Å². The molecule has 0 heterocycles. The minimum Gasteiger partial charge on any atom is -0.325 e. The summed E-state index contributed by atoms with van der Waals surface area (Å²) in [6.07, 6.45) is 0. The van der Waals surface area contributed by atoms with E-state index in [0.717, 1.165) is 12.5 Å². The molecule has 2 aromatic rings. The number of anilines is 1. The Labute approximate surface area is 161 Å². The molecule has 140 valence electrons. The van der Waals surface area contributed by atoms with E-state index in [-0.39, 0.29) is 16.6 Å². The molecule has 2 rings (SSSR count). The summed E-state index contributed by atoms with van der Waals surface area (Å²) in [5, 5.41) is 11.4. The summed E-state index contributed by atoms with van der Waals surface area (Å²) in [7, 11) is -3.89. The molecule has 9 heteroatoms. The summed E-state index contributed by atoms with van der Waals surface area (Å²) in [4.78, 5) is 22.8. The molecule has 0 aliphatic rings. The zero-order valence-corrected chi connectivity index (χ0v) is 16.1.